The van der Waals surface area contributed by atoms with Gasteiger partial charge in [-0.25, -0.2) is 4.39 Å². The molecule has 1 N–H and O–H groups in total. The van der Waals surface area contributed by atoms with Crippen molar-refractivity contribution in [1.82, 2.24) is 10.2 Å². The second-order valence-electron chi connectivity index (χ2n) is 6.17. The van der Waals surface area contributed by atoms with Gasteiger partial charge in [0.2, 0.25) is 0 Å². The largest absolute Gasteiger partial charge is 0.383 e. The Hall–Kier alpha value is -0.970. The highest BCUT2D eigenvalue weighted by atomic mass is 19.1. The summed E-state index contributed by atoms with van der Waals surface area (Å²) in [5, 5.41) is 3.39. The molecule has 0 aliphatic rings. The number of hydrogen-bond donors (Lipinski definition) is 1. The smallest absolute Gasteiger partial charge is 0.127 e. The molecular weight excluding hydrogens is 267 g/mol. The molecule has 0 saturated heterocycles. The first kappa shape index (κ1) is 18.1. The van der Waals surface area contributed by atoms with Gasteiger partial charge in [0.15, 0.2) is 0 Å². The molecule has 0 aromatic heterocycles. The van der Waals surface area contributed by atoms with Crippen molar-refractivity contribution in [1.29, 1.82) is 0 Å². The molecule has 1 unspecified atom stereocenters. The average Bonchev–Trinajstić information content (AvgIpc) is 2.42. The van der Waals surface area contributed by atoms with Gasteiger partial charge in [0, 0.05) is 31.8 Å². The van der Waals surface area contributed by atoms with Gasteiger partial charge in [-0.3, -0.25) is 4.90 Å². The van der Waals surface area contributed by atoms with E-state index in [2.05, 4.69) is 31.0 Å². The van der Waals surface area contributed by atoms with E-state index in [0.717, 1.165) is 24.2 Å². The summed E-state index contributed by atoms with van der Waals surface area (Å²) < 4.78 is 19.1. The maximum absolute atomic E-state index is 14.0. The zero-order valence-electron chi connectivity index (χ0n) is 13.9. The van der Waals surface area contributed by atoms with Crippen molar-refractivity contribution in [2.24, 2.45) is 5.92 Å². The van der Waals surface area contributed by atoms with Crippen LogP contribution in [-0.4, -0.2) is 38.3 Å². The average molecular weight is 296 g/mol. The Kier molecular flexibility index (Phi) is 7.86. The van der Waals surface area contributed by atoms with Gasteiger partial charge in [0.05, 0.1) is 6.61 Å². The van der Waals surface area contributed by atoms with Gasteiger partial charge in [0.25, 0.3) is 0 Å². The quantitative estimate of drug-likeness (QED) is 0.758. The minimum Gasteiger partial charge on any atom is -0.383 e. The molecule has 0 spiro atoms. The summed E-state index contributed by atoms with van der Waals surface area (Å²) in [5.74, 6) is 0.477. The SMILES string of the molecule is COCC(C)N(C)Cc1cc(CNCC(C)C)ccc1F. The third-order valence-corrected chi connectivity index (χ3v) is 3.57. The predicted octanol–water partition coefficient (Wildman–Crippen LogP) is 3.04. The summed E-state index contributed by atoms with van der Waals surface area (Å²) in [6.45, 7) is 9.42. The van der Waals surface area contributed by atoms with E-state index in [1.165, 1.54) is 0 Å². The molecule has 0 amide bonds. The molecule has 0 saturated carbocycles. The summed E-state index contributed by atoms with van der Waals surface area (Å²) in [7, 11) is 3.68. The molecule has 0 heterocycles. The molecule has 3 nitrogen and oxygen atoms in total. The number of nitrogens with one attached hydrogen (secondary N) is 1. The molecule has 1 atom stereocenters. The van der Waals surface area contributed by atoms with Gasteiger partial charge >= 0.3 is 0 Å². The van der Waals surface area contributed by atoms with Gasteiger partial charge < -0.3 is 10.1 Å². The van der Waals surface area contributed by atoms with Crippen LogP contribution >= 0.6 is 0 Å². The molecule has 1 aromatic carbocycles. The van der Waals surface area contributed by atoms with E-state index in [4.69, 9.17) is 4.74 Å². The van der Waals surface area contributed by atoms with Gasteiger partial charge in [-0.2, -0.15) is 0 Å². The molecular formula is C17H29FN2O. The first-order valence-electron chi connectivity index (χ1n) is 7.61. The van der Waals surface area contributed by atoms with Crippen molar-refractivity contribution in [3.8, 4) is 0 Å². The maximum atomic E-state index is 14.0. The molecule has 0 bridgehead atoms. The van der Waals surface area contributed by atoms with Crippen molar-refractivity contribution >= 4 is 0 Å². The van der Waals surface area contributed by atoms with Crippen LogP contribution in [0.4, 0.5) is 4.39 Å². The van der Waals surface area contributed by atoms with E-state index in [0.29, 0.717) is 19.1 Å². The molecule has 120 valence electrons. The lowest BCUT2D eigenvalue weighted by Crippen LogP contribution is -2.32. The number of halogens is 1. The fraction of sp³-hybridized carbons (Fsp3) is 0.647. The van der Waals surface area contributed by atoms with Crippen LogP contribution in [0.5, 0.6) is 0 Å². The number of likely N-dealkylation sites (N-methyl/N-ethyl adjacent to an activating group) is 1. The lowest BCUT2D eigenvalue weighted by molar-refractivity contribution is 0.111. The second-order valence-corrected chi connectivity index (χ2v) is 6.17. The summed E-state index contributed by atoms with van der Waals surface area (Å²) in [6.07, 6.45) is 0. The Morgan fingerprint density at radius 1 is 1.29 bits per heavy atom. The van der Waals surface area contributed by atoms with Crippen LogP contribution < -0.4 is 5.32 Å². The van der Waals surface area contributed by atoms with Crippen LogP contribution in [0.25, 0.3) is 0 Å². The second kappa shape index (κ2) is 9.13. The predicted molar refractivity (Wildman–Crippen MR) is 85.7 cm³/mol. The minimum atomic E-state index is -0.140. The van der Waals surface area contributed by atoms with E-state index >= 15 is 0 Å². The summed E-state index contributed by atoms with van der Waals surface area (Å²) in [5.41, 5.74) is 1.86. The highest BCUT2D eigenvalue weighted by Gasteiger charge is 2.12. The molecule has 0 radical (unpaired) electrons. The van der Waals surface area contributed by atoms with E-state index in [-0.39, 0.29) is 11.9 Å². The van der Waals surface area contributed by atoms with Crippen LogP contribution in [0, 0.1) is 11.7 Å². The van der Waals surface area contributed by atoms with Crippen LogP contribution in [0.3, 0.4) is 0 Å². The molecule has 0 aliphatic heterocycles. The Morgan fingerprint density at radius 2 is 2.00 bits per heavy atom. The number of methoxy groups -OCH3 is 1. The zero-order valence-corrected chi connectivity index (χ0v) is 13.9. The number of benzene rings is 1. The van der Waals surface area contributed by atoms with Crippen molar-refractivity contribution in [3.05, 3.63) is 35.1 Å². The lowest BCUT2D eigenvalue weighted by Gasteiger charge is -2.24. The minimum absolute atomic E-state index is 0.140. The Morgan fingerprint density at radius 3 is 2.62 bits per heavy atom. The van der Waals surface area contributed by atoms with Gasteiger partial charge in [0.1, 0.15) is 5.82 Å². The summed E-state index contributed by atoms with van der Waals surface area (Å²) in [6, 6.07) is 5.64. The lowest BCUT2D eigenvalue weighted by atomic mass is 10.1. The van der Waals surface area contributed by atoms with Crippen LogP contribution in [0.2, 0.25) is 0 Å². The molecule has 0 fully saturated rings. The van der Waals surface area contributed by atoms with Crippen molar-refractivity contribution < 1.29 is 9.13 Å². The van der Waals surface area contributed by atoms with Crippen molar-refractivity contribution in [2.45, 2.75) is 39.9 Å². The number of rotatable bonds is 9. The first-order chi connectivity index (χ1) is 9.93. The molecule has 1 rings (SSSR count). The van der Waals surface area contributed by atoms with E-state index in [1.54, 1.807) is 13.2 Å². The fourth-order valence-corrected chi connectivity index (χ4v) is 2.16. The van der Waals surface area contributed by atoms with E-state index < -0.39 is 0 Å². The van der Waals surface area contributed by atoms with E-state index in [1.807, 2.05) is 19.2 Å². The third kappa shape index (κ3) is 6.55. The molecule has 21 heavy (non-hydrogen) atoms. The van der Waals surface area contributed by atoms with Crippen LogP contribution in [0.15, 0.2) is 18.2 Å². The van der Waals surface area contributed by atoms with Gasteiger partial charge in [-0.1, -0.05) is 26.0 Å². The monoisotopic (exact) mass is 296 g/mol. The normalized spacial score (nSPS) is 13.1. The maximum Gasteiger partial charge on any atom is 0.127 e. The Labute approximate surface area is 128 Å². The van der Waals surface area contributed by atoms with Crippen LogP contribution in [-0.2, 0) is 17.8 Å². The van der Waals surface area contributed by atoms with Crippen molar-refractivity contribution in [2.75, 3.05) is 27.3 Å². The zero-order chi connectivity index (χ0) is 15.8. The summed E-state index contributed by atoms with van der Waals surface area (Å²) in [4.78, 5) is 2.10. The number of ether oxygens (including phenoxy) is 1. The van der Waals surface area contributed by atoms with E-state index in [9.17, 15) is 4.39 Å². The van der Waals surface area contributed by atoms with Crippen LogP contribution in [0.1, 0.15) is 31.9 Å². The van der Waals surface area contributed by atoms with Crippen molar-refractivity contribution in [3.63, 3.8) is 0 Å². The molecule has 0 aliphatic carbocycles. The van der Waals surface area contributed by atoms with Gasteiger partial charge in [-0.05, 0) is 38.1 Å². The first-order valence-corrected chi connectivity index (χ1v) is 7.61. The third-order valence-electron chi connectivity index (χ3n) is 3.57. The summed E-state index contributed by atoms with van der Waals surface area (Å²) >= 11 is 0. The topological polar surface area (TPSA) is 24.5 Å². The molecule has 1 aromatic rings. The molecule has 4 heteroatoms. The van der Waals surface area contributed by atoms with Gasteiger partial charge in [-0.15, -0.1) is 0 Å². The standard InChI is InChI=1S/C17H29FN2O/c1-13(2)9-19-10-15-6-7-17(18)16(8-15)11-20(4)14(3)12-21-5/h6-8,13-14,19H,9-12H2,1-5H3. The fourth-order valence-electron chi connectivity index (χ4n) is 2.16. The highest BCUT2D eigenvalue weighted by Crippen LogP contribution is 2.14. The Balaban J connectivity index is 2.64. The number of hydrogen-bond acceptors (Lipinski definition) is 3. The highest BCUT2D eigenvalue weighted by molar-refractivity contribution is 5.25. The number of nitrogens with zero attached hydrogens (tertiary/aromatic N) is 1. The Bertz CT molecular complexity index is 423.